The molecule has 2 aromatic rings. The molecule has 0 spiro atoms. The average Bonchev–Trinajstić information content (AvgIpc) is 2.81. The molecule has 2 saturated heterocycles. The Balaban J connectivity index is 1.76. The maximum absolute atomic E-state index is 13.7. The van der Waals surface area contributed by atoms with Crippen molar-refractivity contribution in [3.63, 3.8) is 0 Å². The lowest BCUT2D eigenvalue weighted by molar-refractivity contribution is -0.135. The molecule has 0 N–H and O–H groups in total. The number of aromatic nitrogens is 2. The number of carbonyl (C=O) groups is 1. The van der Waals surface area contributed by atoms with Gasteiger partial charge in [-0.3, -0.25) is 4.79 Å². The molecule has 2 bridgehead atoms. The molecule has 1 amide bonds. The fourth-order valence-electron chi connectivity index (χ4n) is 4.44. The Kier molecular flexibility index (Phi) is 6.35. The second kappa shape index (κ2) is 8.86. The molecule has 0 radical (unpaired) electrons. The van der Waals surface area contributed by atoms with E-state index in [1.54, 1.807) is 23.2 Å². The zero-order valence-electron chi connectivity index (χ0n) is 16.7. The zero-order chi connectivity index (χ0) is 22.2. The van der Waals surface area contributed by atoms with E-state index in [2.05, 4.69) is 16.5 Å². The lowest BCUT2D eigenvalue weighted by Crippen LogP contribution is -2.54. The Labute approximate surface area is 191 Å². The standard InChI is InChI=1S/C21H22Cl2N4O3S/c1-2-14-11-26(12-17-6-7-24-13-25-17)21(28)20-5-3-4-19(14)27(20)31(29,30)18-9-15(22)8-16(23)10-18/h2,6-10,13-14,19-20H,1,3-5,11-12H2/t14-,19?,20?/m0/s1. The van der Waals surface area contributed by atoms with E-state index >= 15 is 0 Å². The minimum atomic E-state index is -4.02. The van der Waals surface area contributed by atoms with Crippen molar-refractivity contribution in [3.05, 3.63) is 65.2 Å². The summed E-state index contributed by atoms with van der Waals surface area (Å²) in [5.74, 6) is -0.454. The maximum Gasteiger partial charge on any atom is 0.244 e. The van der Waals surface area contributed by atoms with Crippen LogP contribution in [0.25, 0.3) is 0 Å². The Morgan fingerprint density at radius 3 is 2.58 bits per heavy atom. The summed E-state index contributed by atoms with van der Waals surface area (Å²) in [6, 6.07) is 4.79. The number of carbonyl (C=O) groups excluding carboxylic acids is 1. The Morgan fingerprint density at radius 2 is 1.94 bits per heavy atom. The number of sulfonamides is 1. The largest absolute Gasteiger partial charge is 0.335 e. The van der Waals surface area contributed by atoms with E-state index < -0.39 is 16.1 Å². The predicted octanol–water partition coefficient (Wildman–Crippen LogP) is 3.54. The van der Waals surface area contributed by atoms with Gasteiger partial charge in [0, 0.05) is 34.7 Å². The summed E-state index contributed by atoms with van der Waals surface area (Å²) in [4.78, 5) is 23.3. The lowest BCUT2D eigenvalue weighted by atomic mass is 9.90. The summed E-state index contributed by atoms with van der Waals surface area (Å²) in [6.45, 7) is 4.58. The molecule has 2 unspecified atom stereocenters. The molecule has 1 aromatic carbocycles. The number of piperidine rings is 1. The third-order valence-electron chi connectivity index (χ3n) is 5.84. The van der Waals surface area contributed by atoms with Crippen LogP contribution in [-0.4, -0.2) is 52.1 Å². The van der Waals surface area contributed by atoms with Gasteiger partial charge >= 0.3 is 0 Å². The first kappa shape index (κ1) is 22.2. The molecule has 164 valence electrons. The van der Waals surface area contributed by atoms with Gasteiger partial charge in [-0.1, -0.05) is 29.3 Å². The minimum absolute atomic E-state index is 0.0123. The first-order valence-corrected chi connectivity index (χ1v) is 12.2. The molecular formula is C21H22Cl2N4O3S. The lowest BCUT2D eigenvalue weighted by Gasteiger charge is -2.40. The van der Waals surface area contributed by atoms with Crippen molar-refractivity contribution in [2.24, 2.45) is 5.92 Å². The number of benzene rings is 1. The average molecular weight is 481 g/mol. The van der Waals surface area contributed by atoms with E-state index in [-0.39, 0.29) is 39.4 Å². The highest BCUT2D eigenvalue weighted by atomic mass is 35.5. The van der Waals surface area contributed by atoms with Gasteiger partial charge in [-0.25, -0.2) is 18.4 Å². The molecule has 31 heavy (non-hydrogen) atoms. The number of rotatable bonds is 5. The van der Waals surface area contributed by atoms with E-state index in [1.165, 1.54) is 28.8 Å². The molecular weight excluding hydrogens is 459 g/mol. The van der Waals surface area contributed by atoms with E-state index in [9.17, 15) is 13.2 Å². The van der Waals surface area contributed by atoms with Gasteiger partial charge in [-0.2, -0.15) is 4.31 Å². The van der Waals surface area contributed by atoms with Gasteiger partial charge in [0.2, 0.25) is 15.9 Å². The second-order valence-corrected chi connectivity index (χ2v) is 10.5. The number of hydrogen-bond donors (Lipinski definition) is 0. The van der Waals surface area contributed by atoms with Crippen molar-refractivity contribution >= 4 is 39.1 Å². The quantitative estimate of drug-likeness (QED) is 0.611. The van der Waals surface area contributed by atoms with Crippen LogP contribution in [0.15, 0.2) is 54.3 Å². The van der Waals surface area contributed by atoms with Crippen LogP contribution in [0.5, 0.6) is 0 Å². The summed E-state index contributed by atoms with van der Waals surface area (Å²) in [7, 11) is -4.02. The SMILES string of the molecule is C=C[C@H]1CN(Cc2ccncn2)C(=O)C2CCCC1N2S(=O)(=O)c1cc(Cl)cc(Cl)c1. The van der Waals surface area contributed by atoms with Crippen LogP contribution in [0.3, 0.4) is 0 Å². The highest BCUT2D eigenvalue weighted by Gasteiger charge is 2.49. The Bertz CT molecular complexity index is 1080. The number of amides is 1. The van der Waals surface area contributed by atoms with Crippen molar-refractivity contribution in [3.8, 4) is 0 Å². The number of hydrogen-bond acceptors (Lipinski definition) is 5. The number of fused-ring (bicyclic) bond motifs is 2. The van der Waals surface area contributed by atoms with Gasteiger partial charge < -0.3 is 4.90 Å². The second-order valence-electron chi connectivity index (χ2n) is 7.77. The van der Waals surface area contributed by atoms with Crippen LogP contribution in [0.1, 0.15) is 25.0 Å². The molecule has 2 aliphatic rings. The highest BCUT2D eigenvalue weighted by molar-refractivity contribution is 7.89. The van der Waals surface area contributed by atoms with Gasteiger partial charge in [-0.05, 0) is 43.5 Å². The summed E-state index contributed by atoms with van der Waals surface area (Å²) >= 11 is 12.2. The predicted molar refractivity (Wildman–Crippen MR) is 118 cm³/mol. The molecule has 3 heterocycles. The topological polar surface area (TPSA) is 83.5 Å². The normalized spacial score (nSPS) is 24.6. The van der Waals surface area contributed by atoms with Crippen molar-refractivity contribution in [1.82, 2.24) is 19.2 Å². The fraction of sp³-hybridized carbons (Fsp3) is 0.381. The van der Waals surface area contributed by atoms with Gasteiger partial charge in [0.05, 0.1) is 17.1 Å². The molecule has 7 nitrogen and oxygen atoms in total. The number of nitrogens with zero attached hydrogens (tertiary/aromatic N) is 4. The highest BCUT2D eigenvalue weighted by Crippen LogP contribution is 2.38. The van der Waals surface area contributed by atoms with Crippen LogP contribution >= 0.6 is 23.2 Å². The summed E-state index contributed by atoms with van der Waals surface area (Å²) in [6.07, 6.45) is 6.65. The van der Waals surface area contributed by atoms with Gasteiger partial charge in [0.1, 0.15) is 12.4 Å². The molecule has 2 fully saturated rings. The van der Waals surface area contributed by atoms with Gasteiger partial charge in [0.15, 0.2) is 0 Å². The Hall–Kier alpha value is -2.00. The van der Waals surface area contributed by atoms with E-state index in [4.69, 9.17) is 23.2 Å². The maximum atomic E-state index is 13.7. The molecule has 0 saturated carbocycles. The van der Waals surface area contributed by atoms with E-state index in [0.717, 1.165) is 6.42 Å². The van der Waals surface area contributed by atoms with Gasteiger partial charge in [-0.15, -0.1) is 6.58 Å². The molecule has 4 rings (SSSR count). The van der Waals surface area contributed by atoms with Crippen LogP contribution < -0.4 is 0 Å². The molecule has 3 atom stereocenters. The van der Waals surface area contributed by atoms with Crippen molar-refractivity contribution in [1.29, 1.82) is 0 Å². The minimum Gasteiger partial charge on any atom is -0.335 e. The molecule has 10 heteroatoms. The van der Waals surface area contributed by atoms with Crippen LogP contribution in [0.2, 0.25) is 10.0 Å². The van der Waals surface area contributed by atoms with E-state index in [1.807, 2.05) is 0 Å². The van der Waals surface area contributed by atoms with Crippen LogP contribution in [0.4, 0.5) is 0 Å². The van der Waals surface area contributed by atoms with Crippen molar-refractivity contribution in [2.45, 2.75) is 42.8 Å². The summed E-state index contributed by atoms with van der Waals surface area (Å²) < 4.78 is 28.8. The van der Waals surface area contributed by atoms with E-state index in [0.29, 0.717) is 25.1 Å². The first-order chi connectivity index (χ1) is 14.8. The molecule has 0 aliphatic carbocycles. The van der Waals surface area contributed by atoms with Crippen molar-refractivity contribution < 1.29 is 13.2 Å². The molecule has 1 aromatic heterocycles. The third-order valence-corrected chi connectivity index (χ3v) is 8.19. The summed E-state index contributed by atoms with van der Waals surface area (Å²) in [5.41, 5.74) is 0.693. The Morgan fingerprint density at radius 1 is 1.19 bits per heavy atom. The van der Waals surface area contributed by atoms with Crippen LogP contribution in [-0.2, 0) is 21.4 Å². The van der Waals surface area contributed by atoms with Crippen LogP contribution in [0, 0.1) is 5.92 Å². The first-order valence-electron chi connectivity index (χ1n) is 9.97. The smallest absolute Gasteiger partial charge is 0.244 e. The molecule has 2 aliphatic heterocycles. The van der Waals surface area contributed by atoms with Crippen molar-refractivity contribution in [2.75, 3.05) is 6.54 Å². The zero-order valence-corrected chi connectivity index (χ0v) is 19.0. The number of halogens is 2. The monoisotopic (exact) mass is 480 g/mol. The van der Waals surface area contributed by atoms with Gasteiger partial charge in [0.25, 0.3) is 0 Å². The third kappa shape index (κ3) is 4.35. The summed E-state index contributed by atoms with van der Waals surface area (Å²) in [5, 5.41) is 0.450. The fourth-order valence-corrected chi connectivity index (χ4v) is 7.04.